The quantitative estimate of drug-likeness (QED) is 0.818. The van der Waals surface area contributed by atoms with E-state index in [1.165, 1.54) is 0 Å². The third-order valence-corrected chi connectivity index (χ3v) is 4.20. The standard InChI is InChI=1S/C16H22ClF2N3O3/c1-10(2)25-15(24)20-8-11-6-7-16(18,19)9-22(11)14(23)12-4-3-5-13(17)21-12/h3,5,10-12H,4,6-9H2,1-2H3,(H,20,24)/t11-,12?/m1/s1. The summed E-state index contributed by atoms with van der Waals surface area (Å²) in [5.74, 6) is -3.46. The zero-order chi connectivity index (χ0) is 18.6. The van der Waals surface area contributed by atoms with Gasteiger partial charge in [0.1, 0.15) is 11.2 Å². The van der Waals surface area contributed by atoms with E-state index in [1.807, 2.05) is 0 Å². The van der Waals surface area contributed by atoms with E-state index in [9.17, 15) is 18.4 Å². The summed E-state index contributed by atoms with van der Waals surface area (Å²) < 4.78 is 32.6. The number of nitrogens with zero attached hydrogens (tertiary/aromatic N) is 2. The predicted octanol–water partition coefficient (Wildman–Crippen LogP) is 2.71. The van der Waals surface area contributed by atoms with Gasteiger partial charge in [-0.2, -0.15) is 0 Å². The average molecular weight is 378 g/mol. The second-order valence-corrected chi connectivity index (χ2v) is 6.84. The SMILES string of the molecule is CC(C)OC(=O)NC[C@H]1CCC(F)(F)CN1C(=O)C1CC=CC(Cl)=N1. The van der Waals surface area contributed by atoms with Crippen LogP contribution in [0.3, 0.4) is 0 Å². The zero-order valence-electron chi connectivity index (χ0n) is 14.2. The van der Waals surface area contributed by atoms with Gasteiger partial charge >= 0.3 is 6.09 Å². The molecule has 2 aliphatic heterocycles. The van der Waals surface area contributed by atoms with E-state index in [0.29, 0.717) is 6.42 Å². The van der Waals surface area contributed by atoms with Gasteiger partial charge in [0, 0.05) is 19.0 Å². The molecule has 0 aromatic rings. The number of ether oxygens (including phenoxy) is 1. The van der Waals surface area contributed by atoms with E-state index in [4.69, 9.17) is 16.3 Å². The van der Waals surface area contributed by atoms with Crippen molar-refractivity contribution < 1.29 is 23.1 Å². The van der Waals surface area contributed by atoms with Gasteiger partial charge in [0.25, 0.3) is 5.92 Å². The molecule has 1 saturated heterocycles. The van der Waals surface area contributed by atoms with Crippen molar-refractivity contribution in [3.05, 3.63) is 12.2 Å². The molecule has 0 saturated carbocycles. The smallest absolute Gasteiger partial charge is 0.407 e. The van der Waals surface area contributed by atoms with E-state index in [-0.39, 0.29) is 30.7 Å². The first-order valence-corrected chi connectivity index (χ1v) is 8.58. The monoisotopic (exact) mass is 377 g/mol. The number of halogens is 3. The van der Waals surface area contributed by atoms with Gasteiger partial charge in [-0.25, -0.2) is 13.6 Å². The molecule has 0 bridgehead atoms. The largest absolute Gasteiger partial charge is 0.447 e. The number of alkyl carbamates (subject to hydrolysis) is 1. The Morgan fingerprint density at radius 1 is 1.52 bits per heavy atom. The Morgan fingerprint density at radius 2 is 2.24 bits per heavy atom. The summed E-state index contributed by atoms with van der Waals surface area (Å²) in [7, 11) is 0. The number of nitrogens with one attached hydrogen (secondary N) is 1. The Kier molecular flexibility index (Phi) is 6.37. The number of dihydropyridines is 1. The Balaban J connectivity index is 2.05. The van der Waals surface area contributed by atoms with Crippen LogP contribution in [0.1, 0.15) is 33.1 Å². The van der Waals surface area contributed by atoms with Crippen LogP contribution in [0.2, 0.25) is 0 Å². The molecule has 6 nitrogen and oxygen atoms in total. The van der Waals surface area contributed by atoms with Crippen LogP contribution in [0.15, 0.2) is 17.1 Å². The Hall–Kier alpha value is -1.70. The molecule has 2 heterocycles. The summed E-state index contributed by atoms with van der Waals surface area (Å²) in [4.78, 5) is 29.4. The number of alkyl halides is 2. The van der Waals surface area contributed by atoms with E-state index in [0.717, 1.165) is 4.90 Å². The molecule has 1 fully saturated rings. The molecule has 1 N–H and O–H groups in total. The van der Waals surface area contributed by atoms with Gasteiger partial charge in [0.05, 0.1) is 12.6 Å². The molecule has 0 aromatic carbocycles. The van der Waals surface area contributed by atoms with Crippen molar-refractivity contribution in [1.29, 1.82) is 0 Å². The van der Waals surface area contributed by atoms with Crippen LogP contribution in [-0.2, 0) is 9.53 Å². The van der Waals surface area contributed by atoms with Crippen LogP contribution in [-0.4, -0.2) is 59.3 Å². The fourth-order valence-corrected chi connectivity index (χ4v) is 3.01. The number of piperidine rings is 1. The first kappa shape index (κ1) is 19.6. The molecule has 2 atom stereocenters. The molecule has 0 aliphatic carbocycles. The number of amides is 2. The van der Waals surface area contributed by atoms with Crippen molar-refractivity contribution in [3.8, 4) is 0 Å². The first-order valence-electron chi connectivity index (χ1n) is 8.20. The molecule has 0 aromatic heterocycles. The van der Waals surface area contributed by atoms with Gasteiger partial charge in [-0.1, -0.05) is 17.7 Å². The highest BCUT2D eigenvalue weighted by Gasteiger charge is 2.43. The van der Waals surface area contributed by atoms with Crippen LogP contribution < -0.4 is 5.32 Å². The highest BCUT2D eigenvalue weighted by atomic mass is 35.5. The maximum absolute atomic E-state index is 13.8. The van der Waals surface area contributed by atoms with Crippen molar-refractivity contribution in [2.45, 2.75) is 57.2 Å². The predicted molar refractivity (Wildman–Crippen MR) is 90.1 cm³/mol. The minimum Gasteiger partial charge on any atom is -0.447 e. The van der Waals surface area contributed by atoms with Gasteiger partial charge in [0.2, 0.25) is 5.91 Å². The number of hydrogen-bond acceptors (Lipinski definition) is 4. The zero-order valence-corrected chi connectivity index (χ0v) is 14.9. The number of rotatable bonds is 4. The molecule has 2 aliphatic rings. The molecule has 1 unspecified atom stereocenters. The van der Waals surface area contributed by atoms with Gasteiger partial charge in [0.15, 0.2) is 0 Å². The van der Waals surface area contributed by atoms with Crippen molar-refractivity contribution >= 4 is 28.8 Å². The van der Waals surface area contributed by atoms with Crippen LogP contribution >= 0.6 is 11.6 Å². The summed E-state index contributed by atoms with van der Waals surface area (Å²) in [6, 6.07) is -1.34. The normalized spacial score (nSPS) is 25.5. The van der Waals surface area contributed by atoms with Crippen LogP contribution in [0, 0.1) is 0 Å². The molecular weight excluding hydrogens is 356 g/mol. The van der Waals surface area contributed by atoms with Gasteiger partial charge in [-0.15, -0.1) is 0 Å². The second kappa shape index (κ2) is 8.12. The lowest BCUT2D eigenvalue weighted by atomic mass is 9.97. The Bertz CT molecular complexity index is 581. The van der Waals surface area contributed by atoms with Crippen molar-refractivity contribution in [1.82, 2.24) is 10.2 Å². The number of carbonyl (C=O) groups is 2. The third-order valence-electron chi connectivity index (χ3n) is 3.97. The van der Waals surface area contributed by atoms with E-state index >= 15 is 0 Å². The lowest BCUT2D eigenvalue weighted by Crippen LogP contribution is -2.57. The minimum atomic E-state index is -2.96. The van der Waals surface area contributed by atoms with E-state index < -0.39 is 36.6 Å². The average Bonchev–Trinajstić information content (AvgIpc) is 2.51. The number of likely N-dealkylation sites (tertiary alicyclic amines) is 1. The summed E-state index contributed by atoms with van der Waals surface area (Å²) >= 11 is 5.81. The third kappa shape index (κ3) is 5.66. The first-order chi connectivity index (χ1) is 11.7. The lowest BCUT2D eigenvalue weighted by Gasteiger charge is -2.40. The molecule has 2 amide bonds. The molecule has 0 spiro atoms. The number of aliphatic imine (C=N–C) groups is 1. The van der Waals surface area contributed by atoms with E-state index in [1.54, 1.807) is 26.0 Å². The Labute approximate surface area is 150 Å². The number of allylic oxidation sites excluding steroid dienone is 1. The Morgan fingerprint density at radius 3 is 2.88 bits per heavy atom. The van der Waals surface area contributed by atoms with E-state index in [2.05, 4.69) is 10.3 Å². The summed E-state index contributed by atoms with van der Waals surface area (Å²) in [6.45, 7) is 2.77. The molecular formula is C16H22ClF2N3O3. The van der Waals surface area contributed by atoms with Gasteiger partial charge in [-0.3, -0.25) is 9.79 Å². The molecule has 0 radical (unpaired) electrons. The topological polar surface area (TPSA) is 71.0 Å². The highest BCUT2D eigenvalue weighted by Crippen LogP contribution is 2.31. The van der Waals surface area contributed by atoms with Crippen molar-refractivity contribution in [3.63, 3.8) is 0 Å². The van der Waals surface area contributed by atoms with Crippen LogP contribution in [0.5, 0.6) is 0 Å². The second-order valence-electron chi connectivity index (χ2n) is 6.46. The maximum Gasteiger partial charge on any atom is 0.407 e. The fraction of sp³-hybridized carbons (Fsp3) is 0.688. The van der Waals surface area contributed by atoms with Crippen molar-refractivity contribution in [2.24, 2.45) is 4.99 Å². The number of hydrogen-bond donors (Lipinski definition) is 1. The molecule has 9 heteroatoms. The van der Waals surface area contributed by atoms with Crippen LogP contribution in [0.4, 0.5) is 13.6 Å². The summed E-state index contributed by atoms with van der Waals surface area (Å²) in [5.41, 5.74) is 0. The highest BCUT2D eigenvalue weighted by molar-refractivity contribution is 6.68. The van der Waals surface area contributed by atoms with Crippen LogP contribution in [0.25, 0.3) is 0 Å². The van der Waals surface area contributed by atoms with Crippen molar-refractivity contribution in [2.75, 3.05) is 13.1 Å². The number of carbonyl (C=O) groups excluding carboxylic acids is 2. The summed E-state index contributed by atoms with van der Waals surface area (Å²) in [5, 5.41) is 2.70. The molecule has 2 rings (SSSR count). The minimum absolute atomic E-state index is 0.0490. The fourth-order valence-electron chi connectivity index (χ4n) is 2.80. The lowest BCUT2D eigenvalue weighted by molar-refractivity contribution is -0.148. The van der Waals surface area contributed by atoms with Gasteiger partial charge in [-0.05, 0) is 32.8 Å². The summed E-state index contributed by atoms with van der Waals surface area (Å²) in [6.07, 6.45) is 2.38. The van der Waals surface area contributed by atoms with Gasteiger partial charge < -0.3 is 15.0 Å². The maximum atomic E-state index is 13.8. The molecule has 25 heavy (non-hydrogen) atoms. The molecule has 140 valence electrons.